The predicted octanol–water partition coefficient (Wildman–Crippen LogP) is 6.24. The molecule has 0 aliphatic rings. The van der Waals surface area contributed by atoms with Crippen molar-refractivity contribution < 1.29 is 40.6 Å². The highest BCUT2D eigenvalue weighted by molar-refractivity contribution is 6.04. The molecule has 0 aliphatic carbocycles. The van der Waals surface area contributed by atoms with Crippen molar-refractivity contribution in [2.24, 2.45) is 0 Å². The fraction of sp³-hybridized carbons (Fsp3) is 0.136. The fourth-order valence-electron chi connectivity index (χ4n) is 2.60. The van der Waals surface area contributed by atoms with Gasteiger partial charge in [-0.3, -0.25) is 4.79 Å². The number of nitrogens with one attached hydrogen (secondary N) is 1. The number of amides is 1. The summed E-state index contributed by atoms with van der Waals surface area (Å²) >= 11 is 0. The number of halogens is 6. The van der Waals surface area contributed by atoms with E-state index in [1.54, 1.807) is 0 Å². The zero-order chi connectivity index (χ0) is 23.3. The van der Waals surface area contributed by atoms with Crippen molar-refractivity contribution in [2.75, 3.05) is 5.32 Å². The van der Waals surface area contributed by atoms with Crippen molar-refractivity contribution in [3.8, 4) is 22.6 Å². The Hall–Kier alpha value is -3.69. The molecular weight excluding hydrogens is 440 g/mol. The van der Waals surface area contributed by atoms with Gasteiger partial charge < -0.3 is 14.8 Å². The summed E-state index contributed by atoms with van der Waals surface area (Å²) in [5.41, 5.74) is 1.56. The number of benzene rings is 3. The van der Waals surface area contributed by atoms with Gasteiger partial charge in [-0.05, 0) is 65.7 Å². The molecule has 3 aromatic carbocycles. The van der Waals surface area contributed by atoms with Crippen LogP contribution >= 0.6 is 0 Å². The Bertz CT molecular complexity index is 1060. The van der Waals surface area contributed by atoms with Crippen molar-refractivity contribution in [1.29, 1.82) is 0 Å². The molecule has 0 heterocycles. The van der Waals surface area contributed by atoms with E-state index in [0.29, 0.717) is 11.1 Å². The first kappa shape index (κ1) is 23.0. The molecule has 32 heavy (non-hydrogen) atoms. The van der Waals surface area contributed by atoms with Crippen LogP contribution in [0.5, 0.6) is 11.5 Å². The minimum absolute atomic E-state index is 0.0172. The van der Waals surface area contributed by atoms with E-state index >= 15 is 0 Å². The fourth-order valence-corrected chi connectivity index (χ4v) is 2.60. The third-order valence-corrected chi connectivity index (χ3v) is 4.07. The van der Waals surface area contributed by atoms with E-state index in [-0.39, 0.29) is 17.0 Å². The zero-order valence-electron chi connectivity index (χ0n) is 16.0. The molecule has 0 saturated heterocycles. The van der Waals surface area contributed by atoms with Crippen molar-refractivity contribution in [1.82, 2.24) is 0 Å². The molecule has 0 aromatic heterocycles. The molecule has 0 unspecified atom stereocenters. The minimum atomic E-state index is -4.63. The molecule has 0 aliphatic heterocycles. The lowest BCUT2D eigenvalue weighted by molar-refractivity contribution is -0.253. The standard InChI is InChI=1S/C22H14F6NO3/c23-20(24)22(27,28)32-18-10-6-16(7-11-18)29-19(30)15-3-1-2-14(12-15)13-4-8-17(9-5-13)31-21(25)26/h1,3-12,20-21H,(H,29,30). The van der Waals surface area contributed by atoms with Crippen LogP contribution in [0, 0.1) is 6.07 Å². The Labute approximate surface area is 178 Å². The van der Waals surface area contributed by atoms with Crippen LogP contribution in [0.4, 0.5) is 32.0 Å². The van der Waals surface area contributed by atoms with Gasteiger partial charge in [0.25, 0.3) is 5.91 Å². The van der Waals surface area contributed by atoms with Crippen LogP contribution in [0.2, 0.25) is 0 Å². The monoisotopic (exact) mass is 454 g/mol. The lowest BCUT2D eigenvalue weighted by Gasteiger charge is -2.17. The van der Waals surface area contributed by atoms with Crippen LogP contribution in [0.1, 0.15) is 10.4 Å². The zero-order valence-corrected chi connectivity index (χ0v) is 16.0. The quantitative estimate of drug-likeness (QED) is 0.410. The lowest BCUT2D eigenvalue weighted by Crippen LogP contribution is -2.33. The van der Waals surface area contributed by atoms with Gasteiger partial charge in [-0.15, -0.1) is 0 Å². The number of carbonyl (C=O) groups excluding carboxylic acids is 1. The van der Waals surface area contributed by atoms with Crippen molar-refractivity contribution in [3.05, 3.63) is 78.4 Å². The average Bonchev–Trinajstić information content (AvgIpc) is 2.75. The maximum Gasteiger partial charge on any atom is 0.461 e. The molecule has 0 fully saturated rings. The molecule has 1 N–H and O–H groups in total. The van der Waals surface area contributed by atoms with Crippen molar-refractivity contribution in [3.63, 3.8) is 0 Å². The highest BCUT2D eigenvalue weighted by atomic mass is 19.3. The average molecular weight is 454 g/mol. The number of alkyl halides is 6. The summed E-state index contributed by atoms with van der Waals surface area (Å²) in [6.45, 7) is -2.94. The molecule has 1 amide bonds. The third-order valence-electron chi connectivity index (χ3n) is 4.07. The van der Waals surface area contributed by atoms with Gasteiger partial charge in [0.2, 0.25) is 0 Å². The smallest absolute Gasteiger partial charge is 0.435 e. The highest BCUT2D eigenvalue weighted by Gasteiger charge is 2.43. The third kappa shape index (κ3) is 5.93. The molecule has 0 atom stereocenters. The summed E-state index contributed by atoms with van der Waals surface area (Å²) in [5, 5.41) is 2.53. The van der Waals surface area contributed by atoms with Crippen LogP contribution in [0.15, 0.2) is 66.7 Å². The highest BCUT2D eigenvalue weighted by Crippen LogP contribution is 2.28. The number of anilines is 1. The maximum atomic E-state index is 12.9. The van der Waals surface area contributed by atoms with Crippen molar-refractivity contribution >= 4 is 11.6 Å². The maximum absolute atomic E-state index is 12.9. The van der Waals surface area contributed by atoms with E-state index in [1.807, 2.05) is 0 Å². The molecule has 0 saturated carbocycles. The van der Waals surface area contributed by atoms with Crippen LogP contribution in [0.25, 0.3) is 11.1 Å². The lowest BCUT2D eigenvalue weighted by atomic mass is 10.0. The summed E-state index contributed by atoms with van der Waals surface area (Å²) in [4.78, 5) is 12.5. The molecule has 0 spiro atoms. The molecule has 1 radical (unpaired) electrons. The number of carbonyl (C=O) groups is 1. The summed E-state index contributed by atoms with van der Waals surface area (Å²) in [5.74, 6) is -1.05. The summed E-state index contributed by atoms with van der Waals surface area (Å²) in [6, 6.07) is 17.6. The van der Waals surface area contributed by atoms with Gasteiger partial charge in [0.15, 0.2) is 0 Å². The van der Waals surface area contributed by atoms with Crippen molar-refractivity contribution in [2.45, 2.75) is 19.1 Å². The van der Waals surface area contributed by atoms with Gasteiger partial charge >= 0.3 is 19.1 Å². The Balaban J connectivity index is 1.68. The van der Waals surface area contributed by atoms with E-state index in [1.165, 1.54) is 54.6 Å². The van der Waals surface area contributed by atoms with E-state index in [4.69, 9.17) is 0 Å². The first-order valence-corrected chi connectivity index (χ1v) is 8.97. The number of hydrogen-bond acceptors (Lipinski definition) is 3. The van der Waals surface area contributed by atoms with E-state index in [0.717, 1.165) is 12.1 Å². The topological polar surface area (TPSA) is 47.6 Å². The molecule has 4 nitrogen and oxygen atoms in total. The van der Waals surface area contributed by atoms with E-state index in [2.05, 4.69) is 20.9 Å². The Morgan fingerprint density at radius 1 is 0.906 bits per heavy atom. The number of hydrogen-bond donors (Lipinski definition) is 1. The second kappa shape index (κ2) is 9.63. The first-order chi connectivity index (χ1) is 15.1. The van der Waals surface area contributed by atoms with Crippen LogP contribution < -0.4 is 14.8 Å². The van der Waals surface area contributed by atoms with Crippen LogP contribution in [0.3, 0.4) is 0 Å². The normalized spacial score (nSPS) is 11.5. The molecule has 10 heteroatoms. The molecule has 0 bridgehead atoms. The van der Waals surface area contributed by atoms with Crippen LogP contribution in [-0.2, 0) is 0 Å². The van der Waals surface area contributed by atoms with Gasteiger partial charge in [0.05, 0.1) is 0 Å². The van der Waals surface area contributed by atoms with Gasteiger partial charge in [0.1, 0.15) is 11.5 Å². The number of rotatable bonds is 8. The second-order valence-electron chi connectivity index (χ2n) is 6.34. The van der Waals surface area contributed by atoms with E-state index < -0.39 is 30.8 Å². The molecular formula is C22H14F6NO3. The predicted molar refractivity (Wildman–Crippen MR) is 103 cm³/mol. The molecule has 167 valence electrons. The van der Waals surface area contributed by atoms with Gasteiger partial charge in [-0.1, -0.05) is 18.2 Å². The molecule has 3 rings (SSSR count). The van der Waals surface area contributed by atoms with Gasteiger partial charge in [-0.25, -0.2) is 0 Å². The Kier molecular flexibility index (Phi) is 6.92. The van der Waals surface area contributed by atoms with E-state index in [9.17, 15) is 31.1 Å². The van der Waals surface area contributed by atoms with Gasteiger partial charge in [0, 0.05) is 11.3 Å². The summed E-state index contributed by atoms with van der Waals surface area (Å²) < 4.78 is 83.0. The van der Waals surface area contributed by atoms with Gasteiger partial charge in [-0.2, -0.15) is 26.3 Å². The summed E-state index contributed by atoms with van der Waals surface area (Å²) in [7, 11) is 0. The minimum Gasteiger partial charge on any atom is -0.435 e. The SMILES string of the molecule is O=C(Nc1ccc(OC(F)(F)C(F)F)cc1)c1cc[c]c(-c2ccc(OC(F)F)cc2)c1. The molecule has 3 aromatic rings. The Morgan fingerprint density at radius 2 is 1.53 bits per heavy atom. The van der Waals surface area contributed by atoms with Crippen LogP contribution in [-0.4, -0.2) is 25.1 Å². The Morgan fingerprint density at radius 3 is 2.12 bits per heavy atom. The first-order valence-electron chi connectivity index (χ1n) is 8.97. The number of ether oxygens (including phenoxy) is 2. The second-order valence-corrected chi connectivity index (χ2v) is 6.34. The summed E-state index contributed by atoms with van der Waals surface area (Å²) in [6.07, 6.45) is -8.62. The largest absolute Gasteiger partial charge is 0.461 e.